The standard InChI is InChI=1S/C14H14FN3/c1-16-12-7-13(9-17-8-12)18-5-4-10-2-3-11(15)6-14(10)18/h2-3,6-9,16H,4-5H2,1H3. The Labute approximate surface area is 105 Å². The van der Waals surface area contributed by atoms with Crippen LogP contribution in [0.2, 0.25) is 0 Å². The normalized spacial score (nSPS) is 13.6. The Bertz CT molecular complexity index is 583. The van der Waals surface area contributed by atoms with Crippen LogP contribution in [0, 0.1) is 5.82 Å². The van der Waals surface area contributed by atoms with Crippen molar-refractivity contribution in [3.05, 3.63) is 48.0 Å². The number of rotatable bonds is 2. The summed E-state index contributed by atoms with van der Waals surface area (Å²) in [6, 6.07) is 6.99. The Balaban J connectivity index is 2.02. The first-order valence-electron chi connectivity index (χ1n) is 5.97. The summed E-state index contributed by atoms with van der Waals surface area (Å²) in [5.74, 6) is -0.196. The SMILES string of the molecule is CNc1cncc(N2CCc3ccc(F)cc32)c1. The van der Waals surface area contributed by atoms with Gasteiger partial charge in [-0.25, -0.2) is 4.39 Å². The van der Waals surface area contributed by atoms with Gasteiger partial charge in [-0.05, 0) is 30.2 Å². The minimum Gasteiger partial charge on any atom is -0.387 e. The molecule has 0 bridgehead atoms. The summed E-state index contributed by atoms with van der Waals surface area (Å²) in [4.78, 5) is 6.30. The maximum absolute atomic E-state index is 13.3. The van der Waals surface area contributed by atoms with Crippen LogP contribution >= 0.6 is 0 Å². The van der Waals surface area contributed by atoms with Crippen molar-refractivity contribution in [2.45, 2.75) is 6.42 Å². The number of hydrogen-bond acceptors (Lipinski definition) is 3. The minimum absolute atomic E-state index is 0.196. The van der Waals surface area contributed by atoms with Crippen molar-refractivity contribution in [1.29, 1.82) is 0 Å². The number of nitrogens with one attached hydrogen (secondary N) is 1. The number of hydrogen-bond donors (Lipinski definition) is 1. The molecule has 0 atom stereocenters. The third-order valence-corrected chi connectivity index (χ3v) is 3.27. The molecular weight excluding hydrogens is 229 g/mol. The number of halogens is 1. The van der Waals surface area contributed by atoms with Crippen molar-refractivity contribution in [2.75, 3.05) is 23.8 Å². The number of pyridine rings is 1. The van der Waals surface area contributed by atoms with Crippen LogP contribution in [-0.2, 0) is 6.42 Å². The smallest absolute Gasteiger partial charge is 0.125 e. The van der Waals surface area contributed by atoms with Gasteiger partial charge in [0.25, 0.3) is 0 Å². The second-order valence-corrected chi connectivity index (χ2v) is 4.36. The van der Waals surface area contributed by atoms with E-state index < -0.39 is 0 Å². The zero-order valence-electron chi connectivity index (χ0n) is 10.2. The van der Waals surface area contributed by atoms with Crippen molar-refractivity contribution in [1.82, 2.24) is 4.98 Å². The molecule has 92 valence electrons. The second-order valence-electron chi connectivity index (χ2n) is 4.36. The lowest BCUT2D eigenvalue weighted by Gasteiger charge is -2.19. The summed E-state index contributed by atoms with van der Waals surface area (Å²) in [5, 5.41) is 3.06. The van der Waals surface area contributed by atoms with Crippen LogP contribution in [0.15, 0.2) is 36.7 Å². The zero-order chi connectivity index (χ0) is 12.5. The molecule has 2 aromatic rings. The summed E-state index contributed by atoms with van der Waals surface area (Å²) in [7, 11) is 1.86. The van der Waals surface area contributed by atoms with Gasteiger partial charge in [-0.3, -0.25) is 4.98 Å². The first-order chi connectivity index (χ1) is 8.78. The molecule has 1 N–H and O–H groups in total. The van der Waals surface area contributed by atoms with Crippen LogP contribution < -0.4 is 10.2 Å². The van der Waals surface area contributed by atoms with Gasteiger partial charge in [0.15, 0.2) is 0 Å². The molecule has 18 heavy (non-hydrogen) atoms. The molecule has 0 saturated carbocycles. The van der Waals surface area contributed by atoms with E-state index in [4.69, 9.17) is 0 Å². The number of benzene rings is 1. The van der Waals surface area contributed by atoms with Crippen molar-refractivity contribution in [3.63, 3.8) is 0 Å². The number of fused-ring (bicyclic) bond motifs is 1. The van der Waals surface area contributed by atoms with E-state index in [0.29, 0.717) is 0 Å². The molecule has 4 heteroatoms. The van der Waals surface area contributed by atoms with Crippen LogP contribution in [-0.4, -0.2) is 18.6 Å². The van der Waals surface area contributed by atoms with Crippen molar-refractivity contribution < 1.29 is 4.39 Å². The van der Waals surface area contributed by atoms with E-state index in [1.165, 1.54) is 11.6 Å². The lowest BCUT2D eigenvalue weighted by Crippen LogP contribution is -2.13. The van der Waals surface area contributed by atoms with Crippen LogP contribution in [0.3, 0.4) is 0 Å². The molecule has 1 aliphatic heterocycles. The fourth-order valence-electron chi connectivity index (χ4n) is 2.33. The highest BCUT2D eigenvalue weighted by atomic mass is 19.1. The van der Waals surface area contributed by atoms with Gasteiger partial charge >= 0.3 is 0 Å². The van der Waals surface area contributed by atoms with E-state index in [-0.39, 0.29) is 5.82 Å². The number of aromatic nitrogens is 1. The average Bonchev–Trinajstić information content (AvgIpc) is 2.81. The van der Waals surface area contributed by atoms with E-state index in [2.05, 4.69) is 15.2 Å². The fourth-order valence-corrected chi connectivity index (χ4v) is 2.33. The lowest BCUT2D eigenvalue weighted by atomic mass is 10.1. The molecule has 0 spiro atoms. The van der Waals surface area contributed by atoms with Gasteiger partial charge in [-0.1, -0.05) is 6.07 Å². The molecule has 1 aliphatic rings. The molecule has 1 aromatic carbocycles. The zero-order valence-corrected chi connectivity index (χ0v) is 10.2. The van der Waals surface area contributed by atoms with Crippen LogP contribution in [0.5, 0.6) is 0 Å². The summed E-state index contributed by atoms with van der Waals surface area (Å²) in [6.07, 6.45) is 4.52. The topological polar surface area (TPSA) is 28.2 Å². The highest BCUT2D eigenvalue weighted by Gasteiger charge is 2.21. The summed E-state index contributed by atoms with van der Waals surface area (Å²) < 4.78 is 13.3. The molecule has 0 saturated heterocycles. The van der Waals surface area contributed by atoms with Crippen LogP contribution in [0.1, 0.15) is 5.56 Å². The van der Waals surface area contributed by atoms with Gasteiger partial charge in [0.05, 0.1) is 23.8 Å². The quantitative estimate of drug-likeness (QED) is 0.879. The molecule has 0 amide bonds. The molecule has 3 nitrogen and oxygen atoms in total. The fraction of sp³-hybridized carbons (Fsp3) is 0.214. The summed E-state index contributed by atoms with van der Waals surface area (Å²) in [6.45, 7) is 0.869. The number of anilines is 3. The lowest BCUT2D eigenvalue weighted by molar-refractivity contribution is 0.628. The number of nitrogens with zero attached hydrogens (tertiary/aromatic N) is 2. The van der Waals surface area contributed by atoms with Crippen LogP contribution in [0.4, 0.5) is 21.5 Å². The summed E-state index contributed by atoms with van der Waals surface area (Å²) in [5.41, 5.74) is 4.08. The van der Waals surface area contributed by atoms with E-state index in [1.54, 1.807) is 18.5 Å². The van der Waals surface area contributed by atoms with E-state index in [0.717, 1.165) is 30.0 Å². The van der Waals surface area contributed by atoms with Gasteiger partial charge in [-0.2, -0.15) is 0 Å². The van der Waals surface area contributed by atoms with E-state index in [9.17, 15) is 4.39 Å². The molecule has 0 radical (unpaired) electrons. The molecule has 3 rings (SSSR count). The average molecular weight is 243 g/mol. The summed E-state index contributed by atoms with van der Waals surface area (Å²) >= 11 is 0. The monoisotopic (exact) mass is 243 g/mol. The molecule has 0 aliphatic carbocycles. The molecule has 0 unspecified atom stereocenters. The predicted molar refractivity (Wildman–Crippen MR) is 70.9 cm³/mol. The van der Waals surface area contributed by atoms with E-state index >= 15 is 0 Å². The largest absolute Gasteiger partial charge is 0.387 e. The Hall–Kier alpha value is -2.10. The van der Waals surface area contributed by atoms with E-state index in [1.807, 2.05) is 19.2 Å². The van der Waals surface area contributed by atoms with Gasteiger partial charge in [0.1, 0.15) is 5.82 Å². The highest BCUT2D eigenvalue weighted by molar-refractivity contribution is 5.71. The van der Waals surface area contributed by atoms with Gasteiger partial charge < -0.3 is 10.2 Å². The third-order valence-electron chi connectivity index (χ3n) is 3.27. The van der Waals surface area contributed by atoms with Gasteiger partial charge in [-0.15, -0.1) is 0 Å². The minimum atomic E-state index is -0.196. The van der Waals surface area contributed by atoms with Crippen molar-refractivity contribution in [3.8, 4) is 0 Å². The molecule has 1 aromatic heterocycles. The first-order valence-corrected chi connectivity index (χ1v) is 5.97. The van der Waals surface area contributed by atoms with Gasteiger partial charge in [0.2, 0.25) is 0 Å². The Morgan fingerprint density at radius 2 is 2.17 bits per heavy atom. The molecule has 2 heterocycles. The Morgan fingerprint density at radius 1 is 1.28 bits per heavy atom. The Kier molecular flexibility index (Phi) is 2.63. The Morgan fingerprint density at radius 3 is 3.00 bits per heavy atom. The maximum Gasteiger partial charge on any atom is 0.125 e. The second kappa shape index (κ2) is 4.29. The molecule has 0 fully saturated rings. The maximum atomic E-state index is 13.3. The first kappa shape index (κ1) is 11.0. The van der Waals surface area contributed by atoms with Crippen LogP contribution in [0.25, 0.3) is 0 Å². The third kappa shape index (κ3) is 1.79. The predicted octanol–water partition coefficient (Wildman–Crippen LogP) is 2.96. The van der Waals surface area contributed by atoms with Crippen molar-refractivity contribution in [2.24, 2.45) is 0 Å². The highest BCUT2D eigenvalue weighted by Crippen LogP contribution is 2.35. The van der Waals surface area contributed by atoms with Crippen molar-refractivity contribution >= 4 is 17.1 Å². The van der Waals surface area contributed by atoms with Gasteiger partial charge in [0, 0.05) is 19.3 Å². The molecular formula is C14H14FN3.